The van der Waals surface area contributed by atoms with Crippen LogP contribution in [0.5, 0.6) is 11.5 Å². The molecule has 0 fully saturated rings. The van der Waals surface area contributed by atoms with Gasteiger partial charge in [0, 0.05) is 31.9 Å². The van der Waals surface area contributed by atoms with Gasteiger partial charge in [0.25, 0.3) is 0 Å². The Morgan fingerprint density at radius 2 is 1.96 bits per heavy atom. The molecule has 6 heteroatoms. The fourth-order valence-corrected chi connectivity index (χ4v) is 2.76. The van der Waals surface area contributed by atoms with Gasteiger partial charge < -0.3 is 25.4 Å². The van der Waals surface area contributed by atoms with Crippen molar-refractivity contribution < 1.29 is 14.6 Å². The molecule has 0 saturated heterocycles. The molecule has 0 unspecified atom stereocenters. The smallest absolute Gasteiger partial charge is 0.315 e. The van der Waals surface area contributed by atoms with Crippen LogP contribution in [-0.4, -0.2) is 37.9 Å². The summed E-state index contributed by atoms with van der Waals surface area (Å²) < 4.78 is 5.00. The van der Waals surface area contributed by atoms with Crippen molar-refractivity contribution in [2.45, 2.75) is 20.4 Å². The summed E-state index contributed by atoms with van der Waals surface area (Å²) in [5.41, 5.74) is 3.21. The second-order valence-electron chi connectivity index (χ2n) is 5.98. The first-order chi connectivity index (χ1) is 12.5. The largest absolute Gasteiger partial charge is 0.504 e. The van der Waals surface area contributed by atoms with Crippen LogP contribution in [0.25, 0.3) is 0 Å². The van der Waals surface area contributed by atoms with Gasteiger partial charge in [-0.2, -0.15) is 0 Å². The molecule has 2 aromatic carbocycles. The highest BCUT2D eigenvalue weighted by atomic mass is 16.5. The minimum absolute atomic E-state index is 0.0593. The lowest BCUT2D eigenvalue weighted by molar-refractivity contribution is 0.240. The van der Waals surface area contributed by atoms with Crippen LogP contribution in [0.3, 0.4) is 0 Å². The van der Waals surface area contributed by atoms with Crippen LogP contribution in [-0.2, 0) is 6.54 Å². The van der Waals surface area contributed by atoms with E-state index in [4.69, 9.17) is 4.74 Å². The molecule has 2 amide bonds. The lowest BCUT2D eigenvalue weighted by atomic mass is 10.2. The van der Waals surface area contributed by atoms with E-state index < -0.39 is 0 Å². The number of amides is 2. The van der Waals surface area contributed by atoms with Crippen LogP contribution >= 0.6 is 0 Å². The van der Waals surface area contributed by atoms with Crippen molar-refractivity contribution in [1.82, 2.24) is 10.6 Å². The van der Waals surface area contributed by atoms with E-state index >= 15 is 0 Å². The molecule has 0 saturated carbocycles. The average molecular weight is 357 g/mol. The fourth-order valence-electron chi connectivity index (χ4n) is 2.76. The normalized spacial score (nSPS) is 10.3. The number of aromatic hydroxyl groups is 1. The number of benzene rings is 2. The minimum Gasteiger partial charge on any atom is -0.504 e. The number of nitrogens with one attached hydrogen (secondary N) is 2. The van der Waals surface area contributed by atoms with Gasteiger partial charge in [-0.15, -0.1) is 0 Å². The molecule has 0 atom stereocenters. The summed E-state index contributed by atoms with van der Waals surface area (Å²) >= 11 is 0. The lowest BCUT2D eigenvalue weighted by Gasteiger charge is -2.25. The Hall–Kier alpha value is -2.89. The van der Waals surface area contributed by atoms with Crippen LogP contribution in [0.1, 0.15) is 18.1 Å². The monoisotopic (exact) mass is 357 g/mol. The highest BCUT2D eigenvalue weighted by Gasteiger charge is 2.08. The second kappa shape index (κ2) is 9.56. The molecular formula is C20H27N3O3. The first-order valence-corrected chi connectivity index (χ1v) is 8.73. The van der Waals surface area contributed by atoms with Crippen molar-refractivity contribution in [2.24, 2.45) is 0 Å². The molecule has 0 aliphatic heterocycles. The van der Waals surface area contributed by atoms with E-state index in [1.54, 1.807) is 18.2 Å². The predicted octanol–water partition coefficient (Wildman–Crippen LogP) is 3.03. The third-order valence-electron chi connectivity index (χ3n) is 4.20. The third-order valence-corrected chi connectivity index (χ3v) is 4.20. The maximum atomic E-state index is 12.0. The predicted molar refractivity (Wildman–Crippen MR) is 104 cm³/mol. The number of hydrogen-bond donors (Lipinski definition) is 3. The molecule has 0 aliphatic carbocycles. The van der Waals surface area contributed by atoms with Gasteiger partial charge in [0.1, 0.15) is 0 Å². The number of phenols is 1. The van der Waals surface area contributed by atoms with Crippen LogP contribution in [0.15, 0.2) is 42.5 Å². The molecule has 0 aliphatic rings. The molecule has 0 bridgehead atoms. The van der Waals surface area contributed by atoms with Gasteiger partial charge in [-0.05, 0) is 43.2 Å². The van der Waals surface area contributed by atoms with Crippen molar-refractivity contribution in [3.05, 3.63) is 53.6 Å². The van der Waals surface area contributed by atoms with Crippen molar-refractivity contribution in [3.63, 3.8) is 0 Å². The van der Waals surface area contributed by atoms with Gasteiger partial charge in [-0.3, -0.25) is 0 Å². The number of nitrogens with zero attached hydrogens (tertiary/aromatic N) is 1. The van der Waals surface area contributed by atoms with Crippen LogP contribution in [0.2, 0.25) is 0 Å². The Balaban J connectivity index is 1.78. The first kappa shape index (κ1) is 19.4. The van der Waals surface area contributed by atoms with Gasteiger partial charge in [-0.1, -0.05) is 24.3 Å². The second-order valence-corrected chi connectivity index (χ2v) is 5.98. The zero-order chi connectivity index (χ0) is 18.9. The maximum absolute atomic E-state index is 12.0. The Kier molecular flexibility index (Phi) is 7.14. The number of carbonyl (C=O) groups is 1. The van der Waals surface area contributed by atoms with Crippen molar-refractivity contribution >= 4 is 11.7 Å². The van der Waals surface area contributed by atoms with E-state index in [0.29, 0.717) is 18.8 Å². The molecular weight excluding hydrogens is 330 g/mol. The Labute approximate surface area is 154 Å². The summed E-state index contributed by atoms with van der Waals surface area (Å²) in [7, 11) is 1.50. The zero-order valence-electron chi connectivity index (χ0n) is 15.6. The third kappa shape index (κ3) is 5.31. The Morgan fingerprint density at radius 3 is 2.62 bits per heavy atom. The van der Waals surface area contributed by atoms with Crippen molar-refractivity contribution in [2.75, 3.05) is 31.6 Å². The lowest BCUT2D eigenvalue weighted by Crippen LogP contribution is -2.40. The number of anilines is 1. The number of para-hydroxylation sites is 1. The highest BCUT2D eigenvalue weighted by molar-refractivity contribution is 5.73. The number of urea groups is 1. The molecule has 26 heavy (non-hydrogen) atoms. The molecule has 0 spiro atoms. The summed E-state index contributed by atoms with van der Waals surface area (Å²) in [4.78, 5) is 14.2. The number of ether oxygens (including phenoxy) is 1. The SMILES string of the molecule is CCN(CCNC(=O)NCc1ccc(OC)c(O)c1)c1ccccc1C. The quantitative estimate of drug-likeness (QED) is 0.679. The topological polar surface area (TPSA) is 73.8 Å². The molecule has 140 valence electrons. The van der Waals surface area contributed by atoms with Crippen molar-refractivity contribution in [1.29, 1.82) is 0 Å². The van der Waals surface area contributed by atoms with Gasteiger partial charge in [-0.25, -0.2) is 4.79 Å². The molecule has 0 heterocycles. The molecule has 0 aromatic heterocycles. The van der Waals surface area contributed by atoms with Gasteiger partial charge in [0.2, 0.25) is 0 Å². The summed E-state index contributed by atoms with van der Waals surface area (Å²) in [5, 5.41) is 15.4. The van der Waals surface area contributed by atoms with E-state index in [1.807, 2.05) is 12.1 Å². The number of likely N-dealkylation sites (N-methyl/N-ethyl adjacent to an activating group) is 1. The first-order valence-electron chi connectivity index (χ1n) is 8.73. The number of hydrogen-bond acceptors (Lipinski definition) is 4. The van der Waals surface area contributed by atoms with Crippen LogP contribution in [0.4, 0.5) is 10.5 Å². The zero-order valence-corrected chi connectivity index (χ0v) is 15.6. The van der Waals surface area contributed by atoms with Gasteiger partial charge in [0.15, 0.2) is 11.5 Å². The number of aryl methyl sites for hydroxylation is 1. The average Bonchev–Trinajstić information content (AvgIpc) is 2.64. The summed E-state index contributed by atoms with van der Waals surface area (Å²) in [6, 6.07) is 13.0. The molecule has 2 rings (SSSR count). The summed E-state index contributed by atoms with van der Waals surface area (Å²) in [6.45, 7) is 6.67. The minimum atomic E-state index is -0.235. The van der Waals surface area contributed by atoms with E-state index in [9.17, 15) is 9.90 Å². The number of carbonyl (C=O) groups excluding carboxylic acids is 1. The standard InChI is InChI=1S/C20H27N3O3/c1-4-23(17-8-6-5-7-15(17)2)12-11-21-20(25)22-14-16-9-10-19(26-3)18(24)13-16/h5-10,13,24H,4,11-12,14H2,1-3H3,(H2,21,22,25). The number of phenolic OH excluding ortho intramolecular Hbond substituents is 1. The molecule has 6 nitrogen and oxygen atoms in total. The number of rotatable bonds is 8. The fraction of sp³-hybridized carbons (Fsp3) is 0.350. The van der Waals surface area contributed by atoms with E-state index in [2.05, 4.69) is 41.5 Å². The van der Waals surface area contributed by atoms with Crippen LogP contribution in [0, 0.1) is 6.92 Å². The summed E-state index contributed by atoms with van der Waals surface area (Å²) in [6.07, 6.45) is 0. The molecule has 2 aromatic rings. The van der Waals surface area contributed by atoms with Crippen LogP contribution < -0.4 is 20.3 Å². The Morgan fingerprint density at radius 1 is 1.19 bits per heavy atom. The van der Waals surface area contributed by atoms with Gasteiger partial charge >= 0.3 is 6.03 Å². The van der Waals surface area contributed by atoms with E-state index in [1.165, 1.54) is 18.4 Å². The molecule has 0 radical (unpaired) electrons. The highest BCUT2D eigenvalue weighted by Crippen LogP contribution is 2.26. The van der Waals surface area contributed by atoms with E-state index in [-0.39, 0.29) is 11.8 Å². The van der Waals surface area contributed by atoms with Gasteiger partial charge in [0.05, 0.1) is 7.11 Å². The van der Waals surface area contributed by atoms with E-state index in [0.717, 1.165) is 18.7 Å². The maximum Gasteiger partial charge on any atom is 0.315 e. The number of methoxy groups -OCH3 is 1. The van der Waals surface area contributed by atoms with Crippen molar-refractivity contribution in [3.8, 4) is 11.5 Å². The Bertz CT molecular complexity index is 734. The molecule has 3 N–H and O–H groups in total. The summed E-state index contributed by atoms with van der Waals surface area (Å²) in [5.74, 6) is 0.470.